The van der Waals surface area contributed by atoms with E-state index >= 15 is 0 Å². The second-order valence-electron chi connectivity index (χ2n) is 8.66. The third-order valence-electron chi connectivity index (χ3n) is 6.62. The minimum Gasteiger partial charge on any atom is -0.390 e. The highest BCUT2D eigenvalue weighted by Crippen LogP contribution is 2.24. The van der Waals surface area contributed by atoms with E-state index in [2.05, 4.69) is 26.9 Å². The first-order chi connectivity index (χ1) is 15.6. The molecule has 2 saturated heterocycles. The van der Waals surface area contributed by atoms with Crippen LogP contribution in [-0.2, 0) is 6.54 Å². The Kier molecular flexibility index (Phi) is 6.11. The van der Waals surface area contributed by atoms with Gasteiger partial charge in [-0.05, 0) is 29.8 Å². The molecule has 2 aromatic carbocycles. The number of rotatable bonds is 4. The van der Waals surface area contributed by atoms with Crippen molar-refractivity contribution in [2.75, 3.05) is 39.3 Å². The van der Waals surface area contributed by atoms with Crippen LogP contribution in [0.25, 0.3) is 10.9 Å². The molecule has 1 N–H and O–H groups in total. The Hall–Kier alpha value is -2.51. The highest BCUT2D eigenvalue weighted by atomic mass is 35.5. The van der Waals surface area contributed by atoms with E-state index in [0.29, 0.717) is 18.7 Å². The molecule has 32 heavy (non-hydrogen) atoms. The lowest BCUT2D eigenvalue weighted by molar-refractivity contribution is 0.0423. The number of β-amino-alcohol motifs (C(OH)–C–C–N with tert-alkyl or cyclic N) is 1. The molecule has 0 radical (unpaired) electrons. The Morgan fingerprint density at radius 1 is 1.00 bits per heavy atom. The van der Waals surface area contributed by atoms with Gasteiger partial charge in [0.15, 0.2) is 0 Å². The maximum absolute atomic E-state index is 13.3. The smallest absolute Gasteiger partial charge is 0.254 e. The van der Waals surface area contributed by atoms with Crippen molar-refractivity contribution in [3.05, 3.63) is 76.9 Å². The number of hydrogen-bond acceptors (Lipinski definition) is 5. The lowest BCUT2D eigenvalue weighted by Crippen LogP contribution is -2.53. The van der Waals surface area contributed by atoms with E-state index in [1.54, 1.807) is 17.2 Å². The van der Waals surface area contributed by atoms with Gasteiger partial charge < -0.3 is 10.0 Å². The minimum atomic E-state index is -0.533. The van der Waals surface area contributed by atoms with Crippen molar-refractivity contribution in [1.29, 1.82) is 0 Å². The van der Waals surface area contributed by atoms with Gasteiger partial charge >= 0.3 is 0 Å². The van der Waals surface area contributed by atoms with Crippen molar-refractivity contribution in [2.45, 2.75) is 18.7 Å². The Bertz CT molecular complexity index is 1090. The van der Waals surface area contributed by atoms with E-state index in [1.807, 2.05) is 36.4 Å². The highest BCUT2D eigenvalue weighted by Gasteiger charge is 2.39. The number of carbonyl (C=O) groups excluding carboxylic acids is 1. The number of amides is 1. The summed E-state index contributed by atoms with van der Waals surface area (Å²) in [6, 6.07) is 17.4. The zero-order valence-corrected chi connectivity index (χ0v) is 18.7. The molecule has 2 aliphatic heterocycles. The molecule has 5 rings (SSSR count). The van der Waals surface area contributed by atoms with Crippen LogP contribution in [0.15, 0.2) is 60.8 Å². The number of pyridine rings is 1. The monoisotopic (exact) mass is 450 g/mol. The molecule has 166 valence electrons. The number of aliphatic hydroxyl groups excluding tert-OH is 1. The van der Waals surface area contributed by atoms with Crippen molar-refractivity contribution in [2.24, 2.45) is 0 Å². The molecule has 2 fully saturated rings. The normalized spacial score (nSPS) is 22.5. The van der Waals surface area contributed by atoms with Gasteiger partial charge in [0.1, 0.15) is 0 Å². The number of likely N-dealkylation sites (tertiary alicyclic amines) is 1. The lowest BCUT2D eigenvalue weighted by atomic mass is 10.1. The van der Waals surface area contributed by atoms with E-state index in [9.17, 15) is 9.90 Å². The molecule has 1 aromatic heterocycles. The SMILES string of the molecule is O=C(c1ccnc2ccccc12)N1CC(O)C(N2CCN(Cc3ccc(Cl)cc3)CC2)C1. The van der Waals surface area contributed by atoms with Crippen molar-refractivity contribution in [1.82, 2.24) is 19.7 Å². The van der Waals surface area contributed by atoms with Crippen LogP contribution in [0.1, 0.15) is 15.9 Å². The first-order valence-electron chi connectivity index (χ1n) is 11.1. The fraction of sp³-hybridized carbons (Fsp3) is 0.360. The summed E-state index contributed by atoms with van der Waals surface area (Å²) < 4.78 is 0. The fourth-order valence-corrected chi connectivity index (χ4v) is 4.97. The van der Waals surface area contributed by atoms with E-state index in [0.717, 1.165) is 48.6 Å². The second kappa shape index (κ2) is 9.16. The fourth-order valence-electron chi connectivity index (χ4n) is 4.85. The number of nitrogens with zero attached hydrogens (tertiary/aromatic N) is 4. The summed E-state index contributed by atoms with van der Waals surface area (Å²) in [5, 5.41) is 12.4. The Labute approximate surface area is 193 Å². The number of fused-ring (bicyclic) bond motifs is 1. The van der Waals surface area contributed by atoms with Gasteiger partial charge in [-0.2, -0.15) is 0 Å². The maximum Gasteiger partial charge on any atom is 0.254 e. The Morgan fingerprint density at radius 3 is 2.53 bits per heavy atom. The molecular formula is C25H27ClN4O2. The average Bonchev–Trinajstić information content (AvgIpc) is 3.22. The standard InChI is InChI=1S/C25H27ClN4O2/c26-19-7-5-18(6-8-19)15-28-11-13-29(14-12-28)23-16-30(17-24(23)31)25(32)21-9-10-27-22-4-2-1-3-20(21)22/h1-10,23-24,31H,11-17H2. The van der Waals surface area contributed by atoms with Gasteiger partial charge in [0.25, 0.3) is 5.91 Å². The third kappa shape index (κ3) is 4.36. The zero-order chi connectivity index (χ0) is 22.1. The third-order valence-corrected chi connectivity index (χ3v) is 6.87. The lowest BCUT2D eigenvalue weighted by Gasteiger charge is -2.38. The second-order valence-corrected chi connectivity index (χ2v) is 9.10. The molecule has 0 bridgehead atoms. The number of benzene rings is 2. The molecule has 3 aromatic rings. The van der Waals surface area contributed by atoms with Gasteiger partial charge in [-0.3, -0.25) is 19.6 Å². The Morgan fingerprint density at radius 2 is 1.75 bits per heavy atom. The molecule has 2 unspecified atom stereocenters. The number of halogens is 1. The molecule has 0 spiro atoms. The molecule has 0 aliphatic carbocycles. The van der Waals surface area contributed by atoms with E-state index < -0.39 is 6.10 Å². The van der Waals surface area contributed by atoms with Gasteiger partial charge in [-0.15, -0.1) is 0 Å². The van der Waals surface area contributed by atoms with Crippen molar-refractivity contribution < 1.29 is 9.90 Å². The van der Waals surface area contributed by atoms with Gasteiger partial charge in [-0.25, -0.2) is 0 Å². The molecule has 0 saturated carbocycles. The van der Waals surface area contributed by atoms with Gasteiger partial charge in [0, 0.05) is 62.4 Å². The van der Waals surface area contributed by atoms with Crippen LogP contribution < -0.4 is 0 Å². The van der Waals surface area contributed by atoms with Crippen LogP contribution in [0.3, 0.4) is 0 Å². The van der Waals surface area contributed by atoms with E-state index in [-0.39, 0.29) is 11.9 Å². The minimum absolute atomic E-state index is 0.0234. The predicted octanol–water partition coefficient (Wildman–Crippen LogP) is 2.89. The van der Waals surface area contributed by atoms with Gasteiger partial charge in [0.2, 0.25) is 0 Å². The average molecular weight is 451 g/mol. The molecule has 3 heterocycles. The zero-order valence-electron chi connectivity index (χ0n) is 17.9. The van der Waals surface area contributed by atoms with Gasteiger partial charge in [0.05, 0.1) is 23.2 Å². The largest absolute Gasteiger partial charge is 0.390 e. The summed E-state index contributed by atoms with van der Waals surface area (Å²) in [4.78, 5) is 24.2. The molecule has 2 atom stereocenters. The summed E-state index contributed by atoms with van der Waals surface area (Å²) in [5.74, 6) is -0.0356. The number of para-hydroxylation sites is 1. The number of aromatic nitrogens is 1. The van der Waals surface area contributed by atoms with E-state index in [1.165, 1.54) is 5.56 Å². The van der Waals surface area contributed by atoms with Crippen molar-refractivity contribution >= 4 is 28.4 Å². The van der Waals surface area contributed by atoms with Crippen LogP contribution in [0, 0.1) is 0 Å². The molecular weight excluding hydrogens is 424 g/mol. The number of piperazine rings is 1. The topological polar surface area (TPSA) is 59.9 Å². The predicted molar refractivity (Wildman–Crippen MR) is 126 cm³/mol. The summed E-state index contributed by atoms with van der Waals surface area (Å²) in [6.07, 6.45) is 1.15. The summed E-state index contributed by atoms with van der Waals surface area (Å²) >= 11 is 5.99. The van der Waals surface area contributed by atoms with E-state index in [4.69, 9.17) is 11.6 Å². The van der Waals surface area contributed by atoms with Crippen LogP contribution in [-0.4, -0.2) is 82.1 Å². The maximum atomic E-state index is 13.3. The van der Waals surface area contributed by atoms with Crippen LogP contribution in [0.2, 0.25) is 5.02 Å². The first-order valence-corrected chi connectivity index (χ1v) is 11.5. The van der Waals surface area contributed by atoms with Crippen LogP contribution >= 0.6 is 11.6 Å². The molecule has 1 amide bonds. The number of hydrogen-bond donors (Lipinski definition) is 1. The summed E-state index contributed by atoms with van der Waals surface area (Å²) in [7, 11) is 0. The summed E-state index contributed by atoms with van der Waals surface area (Å²) in [6.45, 7) is 5.46. The Balaban J connectivity index is 1.21. The molecule has 2 aliphatic rings. The van der Waals surface area contributed by atoms with Crippen molar-refractivity contribution in [3.63, 3.8) is 0 Å². The number of carbonyl (C=O) groups is 1. The first kappa shape index (κ1) is 21.3. The van der Waals surface area contributed by atoms with Crippen LogP contribution in [0.4, 0.5) is 0 Å². The van der Waals surface area contributed by atoms with Crippen LogP contribution in [0.5, 0.6) is 0 Å². The van der Waals surface area contributed by atoms with Gasteiger partial charge in [-0.1, -0.05) is 41.9 Å². The number of aliphatic hydroxyl groups is 1. The van der Waals surface area contributed by atoms with Crippen molar-refractivity contribution in [3.8, 4) is 0 Å². The molecule has 6 nitrogen and oxygen atoms in total. The quantitative estimate of drug-likeness (QED) is 0.662. The highest BCUT2D eigenvalue weighted by molar-refractivity contribution is 6.30. The summed E-state index contributed by atoms with van der Waals surface area (Å²) in [5.41, 5.74) is 2.72. The molecule has 7 heteroatoms.